The van der Waals surface area contributed by atoms with Crippen molar-refractivity contribution in [2.24, 2.45) is 0 Å². The molecule has 0 aromatic heterocycles. The summed E-state index contributed by atoms with van der Waals surface area (Å²) in [5.41, 5.74) is 6.60. The van der Waals surface area contributed by atoms with E-state index in [4.69, 9.17) is 10.5 Å². The number of anilines is 1. The highest BCUT2D eigenvalue weighted by Crippen LogP contribution is 2.35. The SMILES string of the molecule is CC1(N2C(=O)c3ccc(N)cc3C2=O)CCOCC1. The van der Waals surface area contributed by atoms with Gasteiger partial charge in [-0.1, -0.05) is 0 Å². The molecule has 1 aromatic rings. The van der Waals surface area contributed by atoms with Gasteiger partial charge in [0.15, 0.2) is 0 Å². The summed E-state index contributed by atoms with van der Waals surface area (Å²) in [4.78, 5) is 26.3. The van der Waals surface area contributed by atoms with E-state index in [1.54, 1.807) is 18.2 Å². The van der Waals surface area contributed by atoms with Gasteiger partial charge >= 0.3 is 0 Å². The van der Waals surface area contributed by atoms with Crippen molar-refractivity contribution in [3.63, 3.8) is 0 Å². The number of hydrogen-bond donors (Lipinski definition) is 1. The van der Waals surface area contributed by atoms with E-state index in [9.17, 15) is 9.59 Å². The van der Waals surface area contributed by atoms with E-state index in [-0.39, 0.29) is 11.8 Å². The number of rotatable bonds is 1. The molecule has 0 aliphatic carbocycles. The summed E-state index contributed by atoms with van der Waals surface area (Å²) in [5.74, 6) is -0.457. The van der Waals surface area contributed by atoms with Crippen molar-refractivity contribution in [3.05, 3.63) is 29.3 Å². The quantitative estimate of drug-likeness (QED) is 0.612. The smallest absolute Gasteiger partial charge is 0.262 e. The van der Waals surface area contributed by atoms with Crippen molar-refractivity contribution in [3.8, 4) is 0 Å². The zero-order chi connectivity index (χ0) is 13.6. The molecule has 2 aliphatic rings. The highest BCUT2D eigenvalue weighted by atomic mass is 16.5. The maximum atomic E-state index is 12.5. The molecular weight excluding hydrogens is 244 g/mol. The molecule has 2 amide bonds. The van der Waals surface area contributed by atoms with Crippen LogP contribution in [0.1, 0.15) is 40.5 Å². The number of ether oxygens (including phenoxy) is 1. The Morgan fingerprint density at radius 1 is 1.16 bits per heavy atom. The minimum atomic E-state index is -0.458. The number of benzene rings is 1. The molecule has 0 radical (unpaired) electrons. The molecule has 0 saturated carbocycles. The summed E-state index contributed by atoms with van der Waals surface area (Å²) >= 11 is 0. The molecule has 5 heteroatoms. The Morgan fingerprint density at radius 2 is 1.79 bits per heavy atom. The van der Waals surface area contributed by atoms with Gasteiger partial charge in [-0.15, -0.1) is 0 Å². The Bertz CT molecular complexity index is 562. The minimum Gasteiger partial charge on any atom is -0.399 e. The van der Waals surface area contributed by atoms with Gasteiger partial charge in [-0.25, -0.2) is 0 Å². The standard InChI is InChI=1S/C14H16N2O3/c1-14(4-6-19-7-5-14)16-12(17)10-3-2-9(15)8-11(10)13(16)18/h2-3,8H,4-7,15H2,1H3. The lowest BCUT2D eigenvalue weighted by Gasteiger charge is -2.40. The Labute approximate surface area is 111 Å². The van der Waals surface area contributed by atoms with E-state index in [2.05, 4.69) is 0 Å². The molecule has 3 rings (SSSR count). The first-order chi connectivity index (χ1) is 9.03. The van der Waals surface area contributed by atoms with Crippen LogP contribution in [0.4, 0.5) is 5.69 Å². The molecule has 0 bridgehead atoms. The van der Waals surface area contributed by atoms with Gasteiger partial charge in [0, 0.05) is 18.9 Å². The van der Waals surface area contributed by atoms with E-state index in [0.29, 0.717) is 42.9 Å². The molecule has 2 heterocycles. The average Bonchev–Trinajstić information content (AvgIpc) is 2.63. The molecule has 1 aromatic carbocycles. The van der Waals surface area contributed by atoms with Gasteiger partial charge in [0.1, 0.15) is 0 Å². The van der Waals surface area contributed by atoms with Crippen LogP contribution in [0.3, 0.4) is 0 Å². The fraction of sp³-hybridized carbons (Fsp3) is 0.429. The molecular formula is C14H16N2O3. The number of amides is 2. The molecule has 1 fully saturated rings. The molecule has 0 atom stereocenters. The van der Waals surface area contributed by atoms with Crippen LogP contribution in [0.25, 0.3) is 0 Å². The van der Waals surface area contributed by atoms with Crippen LogP contribution in [0.15, 0.2) is 18.2 Å². The van der Waals surface area contributed by atoms with Crippen LogP contribution in [0.5, 0.6) is 0 Å². The lowest BCUT2D eigenvalue weighted by atomic mass is 9.90. The number of fused-ring (bicyclic) bond motifs is 1. The number of nitrogen functional groups attached to an aromatic ring is 1. The molecule has 0 unspecified atom stereocenters. The predicted molar refractivity (Wildman–Crippen MR) is 69.8 cm³/mol. The second-order valence-electron chi connectivity index (χ2n) is 5.36. The van der Waals surface area contributed by atoms with Crippen LogP contribution in [-0.4, -0.2) is 35.5 Å². The van der Waals surface area contributed by atoms with Crippen molar-refractivity contribution >= 4 is 17.5 Å². The van der Waals surface area contributed by atoms with Gasteiger partial charge in [-0.05, 0) is 38.0 Å². The van der Waals surface area contributed by atoms with E-state index in [1.165, 1.54) is 4.90 Å². The largest absolute Gasteiger partial charge is 0.399 e. The van der Waals surface area contributed by atoms with Crippen molar-refractivity contribution in [2.75, 3.05) is 18.9 Å². The molecule has 1 saturated heterocycles. The Hall–Kier alpha value is -1.88. The topological polar surface area (TPSA) is 72.6 Å². The second-order valence-corrected chi connectivity index (χ2v) is 5.36. The summed E-state index contributed by atoms with van der Waals surface area (Å²) in [6, 6.07) is 4.87. The van der Waals surface area contributed by atoms with Gasteiger partial charge in [-0.2, -0.15) is 0 Å². The third-order valence-electron chi connectivity index (χ3n) is 4.02. The number of hydrogen-bond acceptors (Lipinski definition) is 4. The monoisotopic (exact) mass is 260 g/mol. The maximum absolute atomic E-state index is 12.5. The Balaban J connectivity index is 2.02. The first-order valence-corrected chi connectivity index (χ1v) is 6.39. The molecule has 5 nitrogen and oxygen atoms in total. The Morgan fingerprint density at radius 3 is 2.47 bits per heavy atom. The third-order valence-corrected chi connectivity index (χ3v) is 4.02. The summed E-state index contributed by atoms with van der Waals surface area (Å²) in [6.45, 7) is 3.10. The summed E-state index contributed by atoms with van der Waals surface area (Å²) < 4.78 is 5.32. The van der Waals surface area contributed by atoms with Gasteiger partial charge in [0.2, 0.25) is 0 Å². The number of carbonyl (C=O) groups is 2. The highest BCUT2D eigenvalue weighted by Gasteiger charge is 2.46. The average molecular weight is 260 g/mol. The molecule has 2 aliphatic heterocycles. The van der Waals surface area contributed by atoms with Crippen molar-refractivity contribution in [1.29, 1.82) is 0 Å². The molecule has 19 heavy (non-hydrogen) atoms. The van der Waals surface area contributed by atoms with Crippen LogP contribution in [0, 0.1) is 0 Å². The maximum Gasteiger partial charge on any atom is 0.262 e. The second kappa shape index (κ2) is 4.06. The zero-order valence-corrected chi connectivity index (χ0v) is 10.8. The number of nitrogens with two attached hydrogens (primary N) is 1. The highest BCUT2D eigenvalue weighted by molar-refractivity contribution is 6.22. The van der Waals surface area contributed by atoms with Crippen LogP contribution < -0.4 is 5.73 Å². The lowest BCUT2D eigenvalue weighted by Crippen LogP contribution is -2.52. The fourth-order valence-corrected chi connectivity index (χ4v) is 2.78. The molecule has 100 valence electrons. The number of imide groups is 1. The van der Waals surface area contributed by atoms with Crippen LogP contribution in [-0.2, 0) is 4.74 Å². The van der Waals surface area contributed by atoms with Gasteiger partial charge in [-0.3, -0.25) is 14.5 Å². The first-order valence-electron chi connectivity index (χ1n) is 6.39. The van der Waals surface area contributed by atoms with Crippen LogP contribution in [0.2, 0.25) is 0 Å². The molecule has 0 spiro atoms. The predicted octanol–water partition coefficient (Wildman–Crippen LogP) is 1.43. The summed E-state index contributed by atoms with van der Waals surface area (Å²) in [7, 11) is 0. The zero-order valence-electron chi connectivity index (χ0n) is 10.8. The first kappa shape index (κ1) is 12.2. The van der Waals surface area contributed by atoms with Crippen molar-refractivity contribution < 1.29 is 14.3 Å². The Kier molecular flexibility index (Phi) is 2.60. The van der Waals surface area contributed by atoms with E-state index >= 15 is 0 Å². The summed E-state index contributed by atoms with van der Waals surface area (Å²) in [5, 5.41) is 0. The van der Waals surface area contributed by atoms with Crippen molar-refractivity contribution in [1.82, 2.24) is 4.90 Å². The molecule has 2 N–H and O–H groups in total. The van der Waals surface area contributed by atoms with Crippen LogP contribution >= 0.6 is 0 Å². The number of carbonyl (C=O) groups excluding carboxylic acids is 2. The van der Waals surface area contributed by atoms with E-state index in [0.717, 1.165) is 0 Å². The fourth-order valence-electron chi connectivity index (χ4n) is 2.78. The number of nitrogens with zero attached hydrogens (tertiary/aromatic N) is 1. The van der Waals surface area contributed by atoms with E-state index in [1.807, 2.05) is 6.92 Å². The third kappa shape index (κ3) is 1.73. The van der Waals surface area contributed by atoms with Gasteiger partial charge in [0.05, 0.1) is 16.7 Å². The normalized spacial score (nSPS) is 21.6. The summed E-state index contributed by atoms with van der Waals surface area (Å²) in [6.07, 6.45) is 1.35. The van der Waals surface area contributed by atoms with E-state index < -0.39 is 5.54 Å². The van der Waals surface area contributed by atoms with Gasteiger partial charge < -0.3 is 10.5 Å². The lowest BCUT2D eigenvalue weighted by molar-refractivity contribution is -0.00390. The minimum absolute atomic E-state index is 0.218. The van der Waals surface area contributed by atoms with Crippen molar-refractivity contribution in [2.45, 2.75) is 25.3 Å². The van der Waals surface area contributed by atoms with Gasteiger partial charge in [0.25, 0.3) is 11.8 Å².